The maximum atomic E-state index is 8.90. The lowest BCUT2D eigenvalue weighted by Crippen LogP contribution is -2.57. The van der Waals surface area contributed by atoms with Crippen LogP contribution < -0.4 is 0 Å². The van der Waals surface area contributed by atoms with Crippen LogP contribution in [0.5, 0.6) is 0 Å². The Labute approximate surface area is 64.0 Å². The van der Waals surface area contributed by atoms with Crippen LogP contribution in [0, 0.1) is 5.41 Å². The van der Waals surface area contributed by atoms with Gasteiger partial charge in [-0.3, -0.25) is 0 Å². The lowest BCUT2D eigenvalue weighted by molar-refractivity contribution is -0.00498. The third kappa shape index (κ3) is 1.28. The predicted octanol–water partition coefficient (Wildman–Crippen LogP) is 0.305. The van der Waals surface area contributed by atoms with E-state index in [1.165, 1.54) is 0 Å². The van der Waals surface area contributed by atoms with Gasteiger partial charge in [-0.15, -0.1) is 0 Å². The van der Waals surface area contributed by atoms with Gasteiger partial charge in [0.25, 0.3) is 0 Å². The van der Waals surface area contributed by atoms with E-state index >= 15 is 0 Å². The molecule has 2 nitrogen and oxygen atoms in total. The standard InChI is InChI=1S/C6H12BrNO/c1-8-3-6(2-7,4-8)5-9/h9H,2-5H2,1H3. The lowest BCUT2D eigenvalue weighted by atomic mass is 9.83. The lowest BCUT2D eigenvalue weighted by Gasteiger charge is -2.46. The molecule has 0 aromatic heterocycles. The Balaban J connectivity index is 2.36. The van der Waals surface area contributed by atoms with E-state index in [2.05, 4.69) is 27.9 Å². The summed E-state index contributed by atoms with van der Waals surface area (Å²) in [4.78, 5) is 2.21. The van der Waals surface area contributed by atoms with Crippen LogP contribution in [0.2, 0.25) is 0 Å². The van der Waals surface area contributed by atoms with Crippen LogP contribution in [0.4, 0.5) is 0 Å². The zero-order chi connectivity index (χ0) is 6.91. The normalized spacial score (nSPS) is 25.7. The Kier molecular flexibility index (Phi) is 2.14. The maximum absolute atomic E-state index is 8.90. The summed E-state index contributed by atoms with van der Waals surface area (Å²) in [6, 6.07) is 0. The van der Waals surface area contributed by atoms with Gasteiger partial charge in [-0.25, -0.2) is 0 Å². The highest BCUT2D eigenvalue weighted by Gasteiger charge is 2.39. The number of halogens is 1. The number of rotatable bonds is 2. The van der Waals surface area contributed by atoms with Crippen molar-refractivity contribution in [1.29, 1.82) is 0 Å². The zero-order valence-electron chi connectivity index (χ0n) is 5.60. The Morgan fingerprint density at radius 3 is 2.33 bits per heavy atom. The minimum absolute atomic E-state index is 0.175. The molecule has 0 aromatic carbocycles. The van der Waals surface area contributed by atoms with Gasteiger partial charge in [0.1, 0.15) is 0 Å². The van der Waals surface area contributed by atoms with E-state index in [1.807, 2.05) is 0 Å². The summed E-state index contributed by atoms with van der Waals surface area (Å²) in [6.07, 6.45) is 0. The molecule has 0 saturated carbocycles. The van der Waals surface area contributed by atoms with Gasteiger partial charge in [0.2, 0.25) is 0 Å². The first-order chi connectivity index (χ1) is 4.22. The van der Waals surface area contributed by atoms with Gasteiger partial charge >= 0.3 is 0 Å². The summed E-state index contributed by atoms with van der Waals surface area (Å²) < 4.78 is 0. The van der Waals surface area contributed by atoms with E-state index in [-0.39, 0.29) is 5.41 Å². The minimum atomic E-state index is 0.175. The molecule has 1 aliphatic heterocycles. The summed E-state index contributed by atoms with van der Waals surface area (Å²) in [6.45, 7) is 2.35. The third-order valence-corrected chi connectivity index (χ3v) is 3.02. The average Bonchev–Trinajstić information content (AvgIpc) is 1.81. The average molecular weight is 194 g/mol. The minimum Gasteiger partial charge on any atom is -0.396 e. The fourth-order valence-electron chi connectivity index (χ4n) is 1.33. The van der Waals surface area contributed by atoms with E-state index in [9.17, 15) is 0 Å². The van der Waals surface area contributed by atoms with Crippen LogP contribution in [0.1, 0.15) is 0 Å². The molecule has 3 heteroatoms. The molecule has 0 bridgehead atoms. The molecule has 1 saturated heterocycles. The van der Waals surface area contributed by atoms with Gasteiger partial charge in [0.05, 0.1) is 6.61 Å². The van der Waals surface area contributed by atoms with Crippen molar-refractivity contribution < 1.29 is 5.11 Å². The second-order valence-corrected chi connectivity index (χ2v) is 3.52. The molecule has 0 aliphatic carbocycles. The Morgan fingerprint density at radius 2 is 2.22 bits per heavy atom. The van der Waals surface area contributed by atoms with Crippen LogP contribution in [-0.4, -0.2) is 42.1 Å². The van der Waals surface area contributed by atoms with E-state index in [1.54, 1.807) is 0 Å². The summed E-state index contributed by atoms with van der Waals surface area (Å²) in [5, 5.41) is 9.82. The number of hydrogen-bond donors (Lipinski definition) is 1. The van der Waals surface area contributed by atoms with Crippen molar-refractivity contribution in [2.75, 3.05) is 32.1 Å². The highest BCUT2D eigenvalue weighted by atomic mass is 79.9. The van der Waals surface area contributed by atoms with Gasteiger partial charge in [-0.05, 0) is 7.05 Å². The molecular weight excluding hydrogens is 182 g/mol. The van der Waals surface area contributed by atoms with Gasteiger partial charge in [-0.1, -0.05) is 15.9 Å². The van der Waals surface area contributed by atoms with Crippen molar-refractivity contribution in [1.82, 2.24) is 4.90 Å². The Hall–Kier alpha value is 0.400. The van der Waals surface area contributed by atoms with Crippen LogP contribution in [0.3, 0.4) is 0 Å². The number of aliphatic hydroxyl groups is 1. The van der Waals surface area contributed by atoms with Crippen molar-refractivity contribution in [2.45, 2.75) is 0 Å². The molecule has 9 heavy (non-hydrogen) atoms. The fourth-order valence-corrected chi connectivity index (χ4v) is 1.86. The van der Waals surface area contributed by atoms with Gasteiger partial charge in [0.15, 0.2) is 0 Å². The van der Waals surface area contributed by atoms with Crippen LogP contribution in [0.15, 0.2) is 0 Å². The zero-order valence-corrected chi connectivity index (χ0v) is 7.19. The third-order valence-electron chi connectivity index (χ3n) is 1.83. The quantitative estimate of drug-likeness (QED) is 0.639. The van der Waals surface area contributed by atoms with E-state index < -0.39 is 0 Å². The van der Waals surface area contributed by atoms with Crippen molar-refractivity contribution in [3.8, 4) is 0 Å². The maximum Gasteiger partial charge on any atom is 0.0520 e. The molecule has 0 atom stereocenters. The van der Waals surface area contributed by atoms with Crippen molar-refractivity contribution >= 4 is 15.9 Å². The number of alkyl halides is 1. The molecular formula is C6H12BrNO. The molecule has 54 valence electrons. The highest BCUT2D eigenvalue weighted by Crippen LogP contribution is 2.29. The Bertz CT molecular complexity index is 95.2. The molecule has 0 radical (unpaired) electrons. The first-order valence-corrected chi connectivity index (χ1v) is 4.20. The first kappa shape index (κ1) is 7.51. The predicted molar refractivity (Wildman–Crippen MR) is 40.8 cm³/mol. The van der Waals surface area contributed by atoms with Gasteiger partial charge in [0, 0.05) is 23.8 Å². The SMILES string of the molecule is CN1CC(CO)(CBr)C1. The summed E-state index contributed by atoms with van der Waals surface area (Å²) in [7, 11) is 2.07. The van der Waals surface area contributed by atoms with Gasteiger partial charge < -0.3 is 10.0 Å². The summed E-state index contributed by atoms with van der Waals surface area (Å²) in [5.41, 5.74) is 0.175. The topological polar surface area (TPSA) is 23.5 Å². The molecule has 1 aliphatic rings. The first-order valence-electron chi connectivity index (χ1n) is 3.08. The second-order valence-electron chi connectivity index (χ2n) is 2.96. The van der Waals surface area contributed by atoms with Gasteiger partial charge in [-0.2, -0.15) is 0 Å². The molecule has 0 unspecified atom stereocenters. The summed E-state index contributed by atoms with van der Waals surface area (Å²) in [5.74, 6) is 0. The number of nitrogens with zero attached hydrogens (tertiary/aromatic N) is 1. The van der Waals surface area contributed by atoms with Crippen molar-refractivity contribution in [3.05, 3.63) is 0 Å². The fraction of sp³-hybridized carbons (Fsp3) is 1.00. The van der Waals surface area contributed by atoms with Crippen molar-refractivity contribution in [3.63, 3.8) is 0 Å². The number of aliphatic hydroxyl groups excluding tert-OH is 1. The van der Waals surface area contributed by atoms with Crippen molar-refractivity contribution in [2.24, 2.45) is 5.41 Å². The molecule has 1 N–H and O–H groups in total. The summed E-state index contributed by atoms with van der Waals surface area (Å²) >= 11 is 3.38. The molecule has 1 heterocycles. The van der Waals surface area contributed by atoms with E-state index in [4.69, 9.17) is 5.11 Å². The molecule has 1 rings (SSSR count). The Morgan fingerprint density at radius 1 is 1.67 bits per heavy atom. The molecule has 0 spiro atoms. The van der Waals surface area contributed by atoms with E-state index in [0.717, 1.165) is 18.4 Å². The molecule has 0 amide bonds. The number of likely N-dealkylation sites (tertiary alicyclic amines) is 1. The molecule has 0 aromatic rings. The highest BCUT2D eigenvalue weighted by molar-refractivity contribution is 9.09. The van der Waals surface area contributed by atoms with E-state index in [0.29, 0.717) is 6.61 Å². The monoisotopic (exact) mass is 193 g/mol. The molecule has 1 fully saturated rings. The van der Waals surface area contributed by atoms with Crippen LogP contribution in [-0.2, 0) is 0 Å². The van der Waals surface area contributed by atoms with Crippen LogP contribution in [0.25, 0.3) is 0 Å². The number of hydrogen-bond acceptors (Lipinski definition) is 2. The largest absolute Gasteiger partial charge is 0.396 e. The smallest absolute Gasteiger partial charge is 0.0520 e. The second kappa shape index (κ2) is 2.56. The van der Waals surface area contributed by atoms with Crippen LogP contribution >= 0.6 is 15.9 Å².